The standard InChI is InChI=1S/C12H16BrNO3/c1-15-11-5-4-9(13)6-10(11)14-7-12(8-14,16-2)17-3/h4-6H,7-8H2,1-3H3. The van der Waals surface area contributed by atoms with Gasteiger partial charge >= 0.3 is 0 Å². The van der Waals surface area contributed by atoms with Crippen molar-refractivity contribution in [3.63, 3.8) is 0 Å². The summed E-state index contributed by atoms with van der Waals surface area (Å²) in [7, 11) is 5.00. The third-order valence-electron chi connectivity index (χ3n) is 3.09. The van der Waals surface area contributed by atoms with Crippen molar-refractivity contribution in [2.75, 3.05) is 39.3 Å². The van der Waals surface area contributed by atoms with E-state index in [1.54, 1.807) is 21.3 Å². The maximum absolute atomic E-state index is 5.36. The van der Waals surface area contributed by atoms with Crippen molar-refractivity contribution >= 4 is 21.6 Å². The molecule has 0 amide bonds. The lowest BCUT2D eigenvalue weighted by atomic mass is 10.1. The predicted molar refractivity (Wildman–Crippen MR) is 69.7 cm³/mol. The Kier molecular flexibility index (Phi) is 3.61. The minimum atomic E-state index is -0.479. The molecule has 0 aromatic heterocycles. The van der Waals surface area contributed by atoms with E-state index in [1.807, 2.05) is 18.2 Å². The largest absolute Gasteiger partial charge is 0.495 e. The summed E-state index contributed by atoms with van der Waals surface area (Å²) < 4.78 is 17.1. The molecule has 0 spiro atoms. The van der Waals surface area contributed by atoms with Crippen molar-refractivity contribution in [2.24, 2.45) is 0 Å². The molecule has 1 aliphatic heterocycles. The van der Waals surface area contributed by atoms with Gasteiger partial charge in [0.05, 0.1) is 25.9 Å². The fourth-order valence-electron chi connectivity index (χ4n) is 1.96. The summed E-state index contributed by atoms with van der Waals surface area (Å²) in [6.07, 6.45) is 0. The van der Waals surface area contributed by atoms with Crippen molar-refractivity contribution in [1.82, 2.24) is 0 Å². The molecule has 1 aromatic rings. The Morgan fingerprint density at radius 1 is 1.18 bits per heavy atom. The van der Waals surface area contributed by atoms with Gasteiger partial charge in [0.25, 0.3) is 0 Å². The first kappa shape index (κ1) is 12.7. The van der Waals surface area contributed by atoms with Crippen LogP contribution in [-0.2, 0) is 9.47 Å². The molecular weight excluding hydrogens is 286 g/mol. The second kappa shape index (κ2) is 4.84. The zero-order valence-electron chi connectivity index (χ0n) is 10.2. The van der Waals surface area contributed by atoms with Gasteiger partial charge in [-0.05, 0) is 18.2 Å². The van der Waals surface area contributed by atoms with Crippen LogP contribution in [0.2, 0.25) is 0 Å². The molecule has 0 atom stereocenters. The lowest BCUT2D eigenvalue weighted by molar-refractivity contribution is -0.219. The monoisotopic (exact) mass is 301 g/mol. The van der Waals surface area contributed by atoms with Gasteiger partial charge in [-0.3, -0.25) is 0 Å². The Hall–Kier alpha value is -0.780. The van der Waals surface area contributed by atoms with E-state index in [1.165, 1.54) is 0 Å². The zero-order chi connectivity index (χ0) is 12.5. The van der Waals surface area contributed by atoms with Crippen LogP contribution in [-0.4, -0.2) is 40.2 Å². The molecular formula is C12H16BrNO3. The molecule has 0 saturated carbocycles. The highest BCUT2D eigenvalue weighted by Crippen LogP contribution is 2.38. The molecule has 0 radical (unpaired) electrons. The van der Waals surface area contributed by atoms with Crippen LogP contribution >= 0.6 is 15.9 Å². The molecule has 1 aliphatic rings. The van der Waals surface area contributed by atoms with E-state index in [9.17, 15) is 0 Å². The summed E-state index contributed by atoms with van der Waals surface area (Å²) >= 11 is 3.47. The molecule has 0 unspecified atom stereocenters. The first-order valence-electron chi connectivity index (χ1n) is 5.33. The topological polar surface area (TPSA) is 30.9 Å². The Labute approximate surface area is 110 Å². The molecule has 1 aromatic carbocycles. The number of anilines is 1. The van der Waals surface area contributed by atoms with Crippen molar-refractivity contribution in [1.29, 1.82) is 0 Å². The van der Waals surface area contributed by atoms with Crippen LogP contribution in [0.4, 0.5) is 5.69 Å². The lowest BCUT2D eigenvalue weighted by Crippen LogP contribution is -2.64. The Bertz CT molecular complexity index is 399. The van der Waals surface area contributed by atoms with E-state index in [0.29, 0.717) is 13.1 Å². The summed E-state index contributed by atoms with van der Waals surface area (Å²) in [5, 5.41) is 0. The van der Waals surface area contributed by atoms with Gasteiger partial charge in [-0.1, -0.05) is 15.9 Å². The lowest BCUT2D eigenvalue weighted by Gasteiger charge is -2.48. The molecule has 0 N–H and O–H groups in total. The van der Waals surface area contributed by atoms with Gasteiger partial charge in [0.1, 0.15) is 5.75 Å². The first-order chi connectivity index (χ1) is 8.14. The number of halogens is 1. The van der Waals surface area contributed by atoms with E-state index in [2.05, 4.69) is 20.8 Å². The van der Waals surface area contributed by atoms with Gasteiger partial charge in [0.15, 0.2) is 0 Å². The summed E-state index contributed by atoms with van der Waals surface area (Å²) in [6, 6.07) is 5.94. The number of benzene rings is 1. The van der Waals surface area contributed by atoms with Crippen molar-refractivity contribution in [3.8, 4) is 5.75 Å². The fraction of sp³-hybridized carbons (Fsp3) is 0.500. The highest BCUT2D eigenvalue weighted by atomic mass is 79.9. The minimum absolute atomic E-state index is 0.479. The number of hydrogen-bond acceptors (Lipinski definition) is 4. The van der Waals surface area contributed by atoms with Crippen LogP contribution in [0.1, 0.15) is 0 Å². The molecule has 1 saturated heterocycles. The molecule has 4 nitrogen and oxygen atoms in total. The Balaban J connectivity index is 2.18. The van der Waals surface area contributed by atoms with E-state index in [-0.39, 0.29) is 0 Å². The van der Waals surface area contributed by atoms with E-state index >= 15 is 0 Å². The fourth-order valence-corrected chi connectivity index (χ4v) is 2.31. The van der Waals surface area contributed by atoms with Gasteiger partial charge in [0.2, 0.25) is 5.79 Å². The number of methoxy groups -OCH3 is 3. The maximum Gasteiger partial charge on any atom is 0.203 e. The number of nitrogens with zero attached hydrogens (tertiary/aromatic N) is 1. The zero-order valence-corrected chi connectivity index (χ0v) is 11.8. The quantitative estimate of drug-likeness (QED) is 0.798. The Morgan fingerprint density at radius 2 is 1.82 bits per heavy atom. The van der Waals surface area contributed by atoms with Gasteiger partial charge in [0, 0.05) is 18.7 Å². The summed E-state index contributed by atoms with van der Waals surface area (Å²) in [5.41, 5.74) is 1.05. The molecule has 17 heavy (non-hydrogen) atoms. The van der Waals surface area contributed by atoms with Crippen molar-refractivity contribution in [3.05, 3.63) is 22.7 Å². The molecule has 2 rings (SSSR count). The van der Waals surface area contributed by atoms with Crippen LogP contribution in [0.15, 0.2) is 22.7 Å². The van der Waals surface area contributed by atoms with Gasteiger partial charge in [-0.15, -0.1) is 0 Å². The second-order valence-corrected chi connectivity index (χ2v) is 4.91. The number of hydrogen-bond donors (Lipinski definition) is 0. The van der Waals surface area contributed by atoms with Crippen molar-refractivity contribution < 1.29 is 14.2 Å². The van der Waals surface area contributed by atoms with Crippen molar-refractivity contribution in [2.45, 2.75) is 5.79 Å². The van der Waals surface area contributed by atoms with E-state index < -0.39 is 5.79 Å². The van der Waals surface area contributed by atoms with Gasteiger partial charge < -0.3 is 19.1 Å². The summed E-state index contributed by atoms with van der Waals surface area (Å²) in [4.78, 5) is 2.16. The average Bonchev–Trinajstić information content (AvgIpc) is 2.29. The van der Waals surface area contributed by atoms with Crippen LogP contribution in [0.3, 0.4) is 0 Å². The van der Waals surface area contributed by atoms with Crippen LogP contribution in [0.5, 0.6) is 5.75 Å². The van der Waals surface area contributed by atoms with Gasteiger partial charge in [-0.25, -0.2) is 0 Å². The first-order valence-corrected chi connectivity index (χ1v) is 6.12. The molecule has 0 bridgehead atoms. The number of ether oxygens (including phenoxy) is 3. The Morgan fingerprint density at radius 3 is 2.35 bits per heavy atom. The second-order valence-electron chi connectivity index (χ2n) is 3.99. The number of rotatable bonds is 4. The normalized spacial score (nSPS) is 17.8. The molecule has 0 aliphatic carbocycles. The minimum Gasteiger partial charge on any atom is -0.495 e. The maximum atomic E-state index is 5.36. The molecule has 1 fully saturated rings. The van der Waals surface area contributed by atoms with Crippen LogP contribution < -0.4 is 9.64 Å². The molecule has 5 heteroatoms. The summed E-state index contributed by atoms with van der Waals surface area (Å²) in [5.74, 6) is 0.377. The summed E-state index contributed by atoms with van der Waals surface area (Å²) in [6.45, 7) is 1.40. The highest BCUT2D eigenvalue weighted by Gasteiger charge is 2.44. The molecule has 1 heterocycles. The SMILES string of the molecule is COc1ccc(Br)cc1N1CC(OC)(OC)C1. The highest BCUT2D eigenvalue weighted by molar-refractivity contribution is 9.10. The molecule has 94 valence electrons. The van der Waals surface area contributed by atoms with E-state index in [4.69, 9.17) is 14.2 Å². The predicted octanol–water partition coefficient (Wildman–Crippen LogP) is 2.27. The van der Waals surface area contributed by atoms with E-state index in [0.717, 1.165) is 15.9 Å². The smallest absolute Gasteiger partial charge is 0.203 e. The van der Waals surface area contributed by atoms with Crippen LogP contribution in [0.25, 0.3) is 0 Å². The van der Waals surface area contributed by atoms with Crippen LogP contribution in [0, 0.1) is 0 Å². The van der Waals surface area contributed by atoms with Gasteiger partial charge in [-0.2, -0.15) is 0 Å². The third kappa shape index (κ3) is 2.27. The average molecular weight is 302 g/mol. The third-order valence-corrected chi connectivity index (χ3v) is 3.58.